The van der Waals surface area contributed by atoms with E-state index in [-0.39, 0.29) is 18.2 Å². The first-order chi connectivity index (χ1) is 14.9. The Hall–Kier alpha value is -2.79. The van der Waals surface area contributed by atoms with Crippen LogP contribution in [-0.2, 0) is 34.0 Å². The van der Waals surface area contributed by atoms with Crippen LogP contribution in [0.15, 0.2) is 96.0 Å². The number of hydrogen-bond donors (Lipinski definition) is 0. The molecule has 0 spiro atoms. The van der Waals surface area contributed by atoms with Crippen molar-refractivity contribution in [3.8, 4) is 0 Å². The number of hydrogen-bond acceptors (Lipinski definition) is 4. The Morgan fingerprint density at radius 3 is 1.67 bits per heavy atom. The molecule has 1 aliphatic rings. The molecule has 3 aromatic rings. The Morgan fingerprint density at radius 1 is 0.600 bits per heavy atom. The second-order valence-corrected chi connectivity index (χ2v) is 7.39. The summed E-state index contributed by atoms with van der Waals surface area (Å²) in [4.78, 5) is 4.65. The van der Waals surface area contributed by atoms with Crippen molar-refractivity contribution in [1.29, 1.82) is 0 Å². The summed E-state index contributed by atoms with van der Waals surface area (Å²) in [5.74, 6) is 0. The quantitative estimate of drug-likeness (QED) is 0.489. The van der Waals surface area contributed by atoms with Gasteiger partial charge in [-0.25, -0.2) is 0 Å². The van der Waals surface area contributed by atoms with E-state index in [2.05, 4.69) is 41.4 Å². The monoisotopic (exact) mass is 401 g/mol. The van der Waals surface area contributed by atoms with Gasteiger partial charge in [0.1, 0.15) is 18.2 Å². The molecule has 1 aliphatic heterocycles. The molecule has 0 fully saturated rings. The summed E-state index contributed by atoms with van der Waals surface area (Å²) < 4.78 is 18.4. The summed E-state index contributed by atoms with van der Waals surface area (Å²) in [6.07, 6.45) is 1.50. The molecule has 1 heterocycles. The van der Waals surface area contributed by atoms with E-state index in [1.54, 1.807) is 0 Å². The number of rotatable bonds is 10. The molecular weight excluding hydrogens is 374 g/mol. The molecular formula is C26H27NO3. The second kappa shape index (κ2) is 10.8. The highest BCUT2D eigenvalue weighted by atomic mass is 16.5. The molecule has 0 aromatic heterocycles. The summed E-state index contributed by atoms with van der Waals surface area (Å²) in [5, 5.41) is 0. The lowest BCUT2D eigenvalue weighted by Crippen LogP contribution is -2.38. The van der Waals surface area contributed by atoms with E-state index in [1.165, 1.54) is 0 Å². The normalized spacial score (nSPS) is 20.5. The first-order valence-electron chi connectivity index (χ1n) is 10.3. The smallest absolute Gasteiger partial charge is 0.121 e. The zero-order valence-corrected chi connectivity index (χ0v) is 17.0. The Morgan fingerprint density at radius 2 is 1.10 bits per heavy atom. The Kier molecular flexibility index (Phi) is 7.40. The lowest BCUT2D eigenvalue weighted by atomic mass is 10.1. The van der Waals surface area contributed by atoms with Gasteiger partial charge in [0.15, 0.2) is 0 Å². The topological polar surface area (TPSA) is 40.0 Å². The van der Waals surface area contributed by atoms with Crippen molar-refractivity contribution in [2.75, 3.05) is 6.61 Å². The Labute approximate surface area is 178 Å². The Bertz CT molecular complexity index is 899. The average Bonchev–Trinajstić information content (AvgIpc) is 3.20. The van der Waals surface area contributed by atoms with Crippen LogP contribution in [0.1, 0.15) is 16.7 Å². The summed E-state index contributed by atoms with van der Waals surface area (Å²) in [7, 11) is 0. The molecule has 3 atom stereocenters. The minimum Gasteiger partial charge on any atom is -0.374 e. The second-order valence-electron chi connectivity index (χ2n) is 7.39. The van der Waals surface area contributed by atoms with E-state index in [1.807, 2.05) is 60.8 Å². The molecule has 0 radical (unpaired) electrons. The van der Waals surface area contributed by atoms with Gasteiger partial charge in [-0.05, 0) is 16.7 Å². The zero-order valence-electron chi connectivity index (χ0n) is 17.0. The third kappa shape index (κ3) is 5.86. The maximum Gasteiger partial charge on any atom is 0.121 e. The van der Waals surface area contributed by atoms with E-state index in [0.717, 1.165) is 16.7 Å². The van der Waals surface area contributed by atoms with Crippen LogP contribution < -0.4 is 0 Å². The fourth-order valence-electron chi connectivity index (χ4n) is 3.47. The van der Waals surface area contributed by atoms with E-state index in [9.17, 15) is 0 Å². The van der Waals surface area contributed by atoms with Gasteiger partial charge in [-0.15, -0.1) is 0 Å². The third-order valence-corrected chi connectivity index (χ3v) is 5.10. The highest BCUT2D eigenvalue weighted by Crippen LogP contribution is 2.21. The van der Waals surface area contributed by atoms with Crippen LogP contribution in [0.25, 0.3) is 0 Å². The van der Waals surface area contributed by atoms with E-state index in [4.69, 9.17) is 14.2 Å². The summed E-state index contributed by atoms with van der Waals surface area (Å²) in [6.45, 7) is 2.11. The highest BCUT2D eigenvalue weighted by molar-refractivity contribution is 5.67. The van der Waals surface area contributed by atoms with Gasteiger partial charge in [0, 0.05) is 6.21 Å². The fourth-order valence-corrected chi connectivity index (χ4v) is 3.47. The van der Waals surface area contributed by atoms with Gasteiger partial charge in [-0.2, -0.15) is 0 Å². The average molecular weight is 402 g/mol. The summed E-state index contributed by atoms with van der Waals surface area (Å²) >= 11 is 0. The molecule has 0 unspecified atom stereocenters. The molecule has 0 saturated carbocycles. The van der Waals surface area contributed by atoms with Gasteiger partial charge < -0.3 is 14.2 Å². The predicted octanol–water partition coefficient (Wildman–Crippen LogP) is 4.83. The molecule has 154 valence electrons. The Balaban J connectivity index is 1.35. The molecule has 0 N–H and O–H groups in total. The lowest BCUT2D eigenvalue weighted by Gasteiger charge is -2.24. The van der Waals surface area contributed by atoms with Gasteiger partial charge in [0.05, 0.1) is 26.4 Å². The van der Waals surface area contributed by atoms with Crippen LogP contribution >= 0.6 is 0 Å². The predicted molar refractivity (Wildman–Crippen MR) is 118 cm³/mol. The van der Waals surface area contributed by atoms with Crippen LogP contribution in [-0.4, -0.2) is 31.1 Å². The largest absolute Gasteiger partial charge is 0.374 e. The minimum absolute atomic E-state index is 0.0850. The number of ether oxygens (including phenoxy) is 3. The molecule has 3 aromatic carbocycles. The number of benzene rings is 3. The zero-order chi connectivity index (χ0) is 20.4. The summed E-state index contributed by atoms with van der Waals surface area (Å²) in [5.41, 5.74) is 3.42. The van der Waals surface area contributed by atoms with Crippen molar-refractivity contribution in [2.24, 2.45) is 4.99 Å². The van der Waals surface area contributed by atoms with Crippen LogP contribution in [0.4, 0.5) is 0 Å². The van der Waals surface area contributed by atoms with Gasteiger partial charge >= 0.3 is 0 Å². The molecule has 4 rings (SSSR count). The lowest BCUT2D eigenvalue weighted by molar-refractivity contribution is -0.0682. The van der Waals surface area contributed by atoms with Crippen molar-refractivity contribution in [1.82, 2.24) is 0 Å². The van der Waals surface area contributed by atoms with Crippen molar-refractivity contribution in [3.63, 3.8) is 0 Å². The van der Waals surface area contributed by atoms with Crippen LogP contribution in [0.3, 0.4) is 0 Å². The van der Waals surface area contributed by atoms with Gasteiger partial charge in [0.25, 0.3) is 0 Å². The van der Waals surface area contributed by atoms with Gasteiger partial charge in [-0.3, -0.25) is 4.99 Å². The first kappa shape index (κ1) is 20.5. The van der Waals surface area contributed by atoms with Crippen LogP contribution in [0.5, 0.6) is 0 Å². The van der Waals surface area contributed by atoms with Gasteiger partial charge in [-0.1, -0.05) is 91.0 Å². The van der Waals surface area contributed by atoms with Crippen molar-refractivity contribution >= 4 is 6.21 Å². The summed E-state index contributed by atoms with van der Waals surface area (Å²) in [6, 6.07) is 30.4. The molecule has 0 aliphatic carbocycles. The maximum absolute atomic E-state index is 6.28. The third-order valence-electron chi connectivity index (χ3n) is 5.10. The molecule has 0 bridgehead atoms. The molecule has 4 heteroatoms. The number of aliphatic imine (C=N–C) groups is 1. The SMILES string of the molecule is C1=N[C@@H](COCc2ccccc2)[C@@H](OCc2ccccc2)[C@H]1OCc1ccccc1. The van der Waals surface area contributed by atoms with E-state index >= 15 is 0 Å². The van der Waals surface area contributed by atoms with E-state index < -0.39 is 0 Å². The van der Waals surface area contributed by atoms with E-state index in [0.29, 0.717) is 26.4 Å². The van der Waals surface area contributed by atoms with Crippen LogP contribution in [0.2, 0.25) is 0 Å². The molecule has 30 heavy (non-hydrogen) atoms. The van der Waals surface area contributed by atoms with Crippen LogP contribution in [0, 0.1) is 0 Å². The number of nitrogens with zero attached hydrogens (tertiary/aromatic N) is 1. The van der Waals surface area contributed by atoms with Crippen molar-refractivity contribution < 1.29 is 14.2 Å². The maximum atomic E-state index is 6.28. The molecule has 0 saturated heterocycles. The first-order valence-corrected chi connectivity index (χ1v) is 10.3. The molecule has 4 nitrogen and oxygen atoms in total. The minimum atomic E-state index is -0.195. The standard InChI is InChI=1S/C26H27NO3/c1-4-10-21(11-5-1)17-28-20-24-26(30-19-23-14-8-3-9-15-23)25(16-27-24)29-18-22-12-6-2-7-13-22/h1-16,24-26H,17-20H2/t24-,25-,26+/m0/s1. The van der Waals surface area contributed by atoms with Crippen molar-refractivity contribution in [3.05, 3.63) is 108 Å². The van der Waals surface area contributed by atoms with Crippen molar-refractivity contribution in [2.45, 2.75) is 38.1 Å². The fraction of sp³-hybridized carbons (Fsp3) is 0.269. The highest BCUT2D eigenvalue weighted by Gasteiger charge is 2.35. The molecule has 0 amide bonds. The van der Waals surface area contributed by atoms with Gasteiger partial charge in [0.2, 0.25) is 0 Å².